The first-order chi connectivity index (χ1) is 5.79. The van der Waals surface area contributed by atoms with E-state index in [1.807, 2.05) is 5.16 Å². The van der Waals surface area contributed by atoms with E-state index in [-0.39, 0.29) is 5.56 Å². The molecule has 0 unspecified atom stereocenters. The third kappa shape index (κ3) is 0.852. The Morgan fingerprint density at radius 3 is 2.42 bits per heavy atom. The third-order valence-electron chi connectivity index (χ3n) is 1.63. The van der Waals surface area contributed by atoms with E-state index in [0.717, 1.165) is 0 Å². The third-order valence-corrected chi connectivity index (χ3v) is 1.63. The lowest BCUT2D eigenvalue weighted by molar-refractivity contribution is 0.369. The van der Waals surface area contributed by atoms with Gasteiger partial charge in [-0.05, 0) is 12.1 Å². The SMILES string of the molecule is O=c1[nH]oc(=O)c2ccccc12. The monoisotopic (exact) mass is 163 g/mol. The maximum atomic E-state index is 11.0. The molecular weight excluding hydrogens is 158 g/mol. The Morgan fingerprint density at radius 2 is 1.75 bits per heavy atom. The Kier molecular flexibility index (Phi) is 1.33. The lowest BCUT2D eigenvalue weighted by atomic mass is 10.2. The Labute approximate surface area is 66.4 Å². The highest BCUT2D eigenvalue weighted by Crippen LogP contribution is 2.01. The lowest BCUT2D eigenvalue weighted by Crippen LogP contribution is -2.13. The molecule has 0 atom stereocenters. The van der Waals surface area contributed by atoms with Crippen LogP contribution in [0.15, 0.2) is 38.4 Å². The number of hydrogen-bond donors (Lipinski definition) is 1. The van der Waals surface area contributed by atoms with Gasteiger partial charge in [-0.1, -0.05) is 12.1 Å². The van der Waals surface area contributed by atoms with Crippen LogP contribution in [0.1, 0.15) is 0 Å². The lowest BCUT2D eigenvalue weighted by Gasteiger charge is -1.90. The molecule has 0 fully saturated rings. The van der Waals surface area contributed by atoms with Gasteiger partial charge in [-0.25, -0.2) is 4.79 Å². The summed E-state index contributed by atoms with van der Waals surface area (Å²) < 4.78 is 4.38. The van der Waals surface area contributed by atoms with Crippen LogP contribution in [0.3, 0.4) is 0 Å². The Balaban J connectivity index is 3.16. The number of fused-ring (bicyclic) bond motifs is 1. The summed E-state index contributed by atoms with van der Waals surface area (Å²) in [6.07, 6.45) is 0. The highest BCUT2D eigenvalue weighted by atomic mass is 16.5. The zero-order chi connectivity index (χ0) is 8.55. The first kappa shape index (κ1) is 6.84. The number of H-pyrrole nitrogens is 1. The van der Waals surface area contributed by atoms with Gasteiger partial charge in [0.25, 0.3) is 5.56 Å². The fourth-order valence-corrected chi connectivity index (χ4v) is 1.06. The van der Waals surface area contributed by atoms with Gasteiger partial charge in [-0.3, -0.25) is 4.79 Å². The van der Waals surface area contributed by atoms with Crippen LogP contribution in [0.4, 0.5) is 0 Å². The first-order valence-corrected chi connectivity index (χ1v) is 3.39. The van der Waals surface area contributed by atoms with Crippen LogP contribution in [0.5, 0.6) is 0 Å². The maximum Gasteiger partial charge on any atom is 0.363 e. The number of hydrogen-bond acceptors (Lipinski definition) is 3. The Hall–Kier alpha value is -1.84. The van der Waals surface area contributed by atoms with E-state index < -0.39 is 5.63 Å². The molecule has 1 aromatic heterocycles. The van der Waals surface area contributed by atoms with E-state index in [4.69, 9.17) is 0 Å². The van der Waals surface area contributed by atoms with Crippen molar-refractivity contribution in [3.63, 3.8) is 0 Å². The fraction of sp³-hybridized carbons (Fsp3) is 0. The second-order valence-corrected chi connectivity index (χ2v) is 2.37. The molecule has 0 aliphatic carbocycles. The zero-order valence-electron chi connectivity index (χ0n) is 6.03. The van der Waals surface area contributed by atoms with Crippen LogP contribution in [0, 0.1) is 0 Å². The minimum absolute atomic E-state index is 0.307. The van der Waals surface area contributed by atoms with Crippen LogP contribution in [-0.2, 0) is 0 Å². The summed E-state index contributed by atoms with van der Waals surface area (Å²) in [5, 5.41) is 2.66. The fourth-order valence-electron chi connectivity index (χ4n) is 1.06. The van der Waals surface area contributed by atoms with Crippen molar-refractivity contribution in [3.05, 3.63) is 45.0 Å². The Morgan fingerprint density at radius 1 is 1.08 bits per heavy atom. The average molecular weight is 163 g/mol. The van der Waals surface area contributed by atoms with Crippen molar-refractivity contribution in [3.8, 4) is 0 Å². The van der Waals surface area contributed by atoms with Gasteiger partial charge in [0.15, 0.2) is 0 Å². The zero-order valence-corrected chi connectivity index (χ0v) is 6.03. The van der Waals surface area contributed by atoms with Gasteiger partial charge in [0, 0.05) is 0 Å². The van der Waals surface area contributed by atoms with E-state index in [1.54, 1.807) is 24.3 Å². The van der Waals surface area contributed by atoms with E-state index in [9.17, 15) is 9.59 Å². The summed E-state index contributed by atoms with van der Waals surface area (Å²) in [7, 11) is 0. The van der Waals surface area contributed by atoms with Gasteiger partial charge in [0.1, 0.15) is 0 Å². The van der Waals surface area contributed by atoms with Gasteiger partial charge in [-0.2, -0.15) is 5.16 Å². The largest absolute Gasteiger partial charge is 0.363 e. The molecule has 60 valence electrons. The summed E-state index contributed by atoms with van der Waals surface area (Å²) in [4.78, 5) is 22.0. The minimum Gasteiger partial charge on any atom is -0.335 e. The summed E-state index contributed by atoms with van der Waals surface area (Å²) >= 11 is 0. The van der Waals surface area contributed by atoms with Gasteiger partial charge >= 0.3 is 5.63 Å². The van der Waals surface area contributed by atoms with Crippen LogP contribution in [0.2, 0.25) is 0 Å². The van der Waals surface area contributed by atoms with Crippen LogP contribution >= 0.6 is 0 Å². The van der Waals surface area contributed by atoms with Gasteiger partial charge in [0.2, 0.25) is 0 Å². The summed E-state index contributed by atoms with van der Waals surface area (Å²) in [6, 6.07) is 6.50. The predicted molar refractivity (Wildman–Crippen MR) is 43.1 cm³/mol. The summed E-state index contributed by atoms with van der Waals surface area (Å²) in [6.45, 7) is 0. The van der Waals surface area contributed by atoms with Gasteiger partial charge in [-0.15, -0.1) is 0 Å². The van der Waals surface area contributed by atoms with E-state index >= 15 is 0 Å². The van der Waals surface area contributed by atoms with Gasteiger partial charge in [0.05, 0.1) is 10.8 Å². The van der Waals surface area contributed by atoms with E-state index in [2.05, 4.69) is 4.52 Å². The Bertz CT molecular complexity index is 475. The molecule has 0 spiro atoms. The number of rotatable bonds is 0. The van der Waals surface area contributed by atoms with Crippen molar-refractivity contribution in [2.45, 2.75) is 0 Å². The number of aromatic nitrogens is 1. The quantitative estimate of drug-likeness (QED) is 0.614. The number of benzene rings is 1. The summed E-state index contributed by atoms with van der Waals surface area (Å²) in [5.41, 5.74) is -0.907. The van der Waals surface area contributed by atoms with Crippen molar-refractivity contribution in [2.75, 3.05) is 0 Å². The highest BCUT2D eigenvalue weighted by Gasteiger charge is 2.01. The molecule has 2 rings (SSSR count). The minimum atomic E-state index is -0.523. The molecular formula is C8H5NO3. The molecule has 4 heteroatoms. The smallest absolute Gasteiger partial charge is 0.335 e. The molecule has 0 saturated heterocycles. The number of aromatic amines is 1. The van der Waals surface area contributed by atoms with Crippen LogP contribution < -0.4 is 11.2 Å². The molecule has 12 heavy (non-hydrogen) atoms. The molecule has 4 nitrogen and oxygen atoms in total. The maximum absolute atomic E-state index is 11.0. The molecule has 0 aliphatic heterocycles. The normalized spacial score (nSPS) is 10.3. The van der Waals surface area contributed by atoms with Crippen molar-refractivity contribution in [1.29, 1.82) is 0 Å². The summed E-state index contributed by atoms with van der Waals surface area (Å²) in [5.74, 6) is 0. The van der Waals surface area contributed by atoms with Crippen molar-refractivity contribution < 1.29 is 4.52 Å². The van der Waals surface area contributed by atoms with Gasteiger partial charge < -0.3 is 4.52 Å². The molecule has 0 aliphatic rings. The van der Waals surface area contributed by atoms with Crippen LogP contribution in [0.25, 0.3) is 10.8 Å². The molecule has 1 aromatic carbocycles. The second kappa shape index (κ2) is 2.34. The van der Waals surface area contributed by atoms with Crippen molar-refractivity contribution in [2.24, 2.45) is 0 Å². The predicted octanol–water partition coefficient (Wildman–Crippen LogP) is 0.481. The molecule has 2 aromatic rings. The first-order valence-electron chi connectivity index (χ1n) is 3.39. The van der Waals surface area contributed by atoms with E-state index in [1.165, 1.54) is 0 Å². The molecule has 0 saturated carbocycles. The molecule has 0 bridgehead atoms. The van der Waals surface area contributed by atoms with Crippen molar-refractivity contribution in [1.82, 2.24) is 5.16 Å². The molecule has 0 amide bonds. The highest BCUT2D eigenvalue weighted by molar-refractivity contribution is 5.79. The standard InChI is InChI=1S/C8H5NO3/c10-7-5-3-1-2-4-6(5)8(11)12-9-7/h1-4H,(H,9,10). The molecule has 1 N–H and O–H groups in total. The van der Waals surface area contributed by atoms with Crippen LogP contribution in [-0.4, -0.2) is 5.16 Å². The average Bonchev–Trinajstić information content (AvgIpc) is 2.12. The topological polar surface area (TPSA) is 63.1 Å². The number of nitrogens with one attached hydrogen (secondary N) is 1. The molecule has 1 heterocycles. The molecule has 0 radical (unpaired) electrons. The van der Waals surface area contributed by atoms with Crippen molar-refractivity contribution >= 4 is 10.8 Å². The van der Waals surface area contributed by atoms with E-state index in [0.29, 0.717) is 10.8 Å². The second-order valence-electron chi connectivity index (χ2n) is 2.37.